The molecule has 0 atom stereocenters. The van der Waals surface area contributed by atoms with Gasteiger partial charge in [-0.25, -0.2) is 0 Å². The molecule has 2 aromatic rings. The third-order valence-corrected chi connectivity index (χ3v) is 8.03. The number of unbranched alkanes of at least 4 members (excludes halogenated alkanes) is 16. The Hall–Kier alpha value is -2.61. The van der Waals surface area contributed by atoms with E-state index in [9.17, 15) is 0 Å². The molecular formula is C42H60N2Ni. The van der Waals surface area contributed by atoms with Gasteiger partial charge in [-0.2, -0.15) is 0 Å². The average Bonchev–Trinajstić information content (AvgIpc) is 3.05. The van der Waals surface area contributed by atoms with Crippen molar-refractivity contribution in [1.82, 2.24) is 0 Å². The molecule has 2 rings (SSSR count). The van der Waals surface area contributed by atoms with Crippen LogP contribution in [0, 0.1) is 23.7 Å². The van der Waals surface area contributed by atoms with E-state index < -0.39 is 0 Å². The summed E-state index contributed by atoms with van der Waals surface area (Å²) in [6, 6.07) is 16.9. The molecule has 0 aliphatic carbocycles. The van der Waals surface area contributed by atoms with Gasteiger partial charge in [0.2, 0.25) is 0 Å². The van der Waals surface area contributed by atoms with Crippen LogP contribution in [0.15, 0.2) is 58.5 Å². The molecule has 0 saturated carbocycles. The van der Waals surface area contributed by atoms with Crippen molar-refractivity contribution in [1.29, 1.82) is 0 Å². The first-order valence-electron chi connectivity index (χ1n) is 18.0. The Balaban J connectivity index is 0.0000101. The van der Waals surface area contributed by atoms with Crippen LogP contribution < -0.4 is 0 Å². The van der Waals surface area contributed by atoms with Gasteiger partial charge in [-0.15, -0.1) is 23.7 Å². The second kappa shape index (κ2) is 30.1. The van der Waals surface area contributed by atoms with Gasteiger partial charge in [0, 0.05) is 54.6 Å². The Morgan fingerprint density at radius 3 is 1.18 bits per heavy atom. The summed E-state index contributed by atoms with van der Waals surface area (Å²) in [5.74, 6) is 13.5. The van der Waals surface area contributed by atoms with Gasteiger partial charge in [-0.3, -0.25) is 9.98 Å². The molecule has 45 heavy (non-hydrogen) atoms. The summed E-state index contributed by atoms with van der Waals surface area (Å²) in [7, 11) is 0. The Bertz CT molecular complexity index is 1080. The van der Waals surface area contributed by atoms with Crippen LogP contribution in [-0.2, 0) is 29.3 Å². The van der Waals surface area contributed by atoms with Gasteiger partial charge >= 0.3 is 0 Å². The van der Waals surface area contributed by atoms with E-state index in [-0.39, 0.29) is 16.5 Å². The fourth-order valence-corrected chi connectivity index (χ4v) is 5.35. The molecule has 0 heterocycles. The van der Waals surface area contributed by atoms with E-state index in [1.165, 1.54) is 101 Å². The van der Waals surface area contributed by atoms with Crippen LogP contribution in [0.1, 0.15) is 153 Å². The smallest absolute Gasteiger partial charge is 0.0662 e. The maximum Gasteiger partial charge on any atom is 0.0662 e. The molecule has 0 unspecified atom stereocenters. The van der Waals surface area contributed by atoms with Crippen molar-refractivity contribution in [3.63, 3.8) is 0 Å². The molecular weight excluding hydrogens is 591 g/mol. The fourth-order valence-electron chi connectivity index (χ4n) is 5.35. The molecule has 3 heteroatoms. The monoisotopic (exact) mass is 650 g/mol. The van der Waals surface area contributed by atoms with Crippen LogP contribution >= 0.6 is 0 Å². The molecule has 248 valence electrons. The minimum Gasteiger partial charge on any atom is -0.255 e. The van der Waals surface area contributed by atoms with Crippen molar-refractivity contribution in [2.24, 2.45) is 9.98 Å². The molecule has 0 radical (unpaired) electrons. The third kappa shape index (κ3) is 21.7. The van der Waals surface area contributed by atoms with Gasteiger partial charge < -0.3 is 0 Å². The fraction of sp³-hybridized carbons (Fsp3) is 0.571. The molecule has 0 aliphatic heterocycles. The molecule has 2 aromatic carbocycles. The van der Waals surface area contributed by atoms with Crippen LogP contribution in [0.25, 0.3) is 0 Å². The largest absolute Gasteiger partial charge is 0.255 e. The number of para-hydroxylation sites is 2. The Kier molecular flexibility index (Phi) is 27.0. The van der Waals surface area contributed by atoms with Gasteiger partial charge in [0.15, 0.2) is 0 Å². The first-order chi connectivity index (χ1) is 21.8. The van der Waals surface area contributed by atoms with Gasteiger partial charge in [0.1, 0.15) is 0 Å². The predicted molar refractivity (Wildman–Crippen MR) is 196 cm³/mol. The molecule has 0 aromatic heterocycles. The van der Waals surface area contributed by atoms with Gasteiger partial charge in [-0.05, 0) is 61.8 Å². The zero-order valence-corrected chi connectivity index (χ0v) is 29.5. The van der Waals surface area contributed by atoms with Crippen molar-refractivity contribution in [3.8, 4) is 23.7 Å². The van der Waals surface area contributed by atoms with Crippen LogP contribution in [-0.4, -0.2) is 12.4 Å². The molecule has 2 nitrogen and oxygen atoms in total. The maximum absolute atomic E-state index is 4.73. The van der Waals surface area contributed by atoms with Crippen molar-refractivity contribution in [3.05, 3.63) is 59.7 Å². The quantitative estimate of drug-likeness (QED) is 0.0494. The van der Waals surface area contributed by atoms with E-state index in [0.29, 0.717) is 0 Å². The summed E-state index contributed by atoms with van der Waals surface area (Å²) in [4.78, 5) is 9.47. The van der Waals surface area contributed by atoms with Crippen molar-refractivity contribution in [2.45, 2.75) is 155 Å². The number of benzene rings is 2. The van der Waals surface area contributed by atoms with Crippen LogP contribution in [0.2, 0.25) is 0 Å². The van der Waals surface area contributed by atoms with Crippen LogP contribution in [0.3, 0.4) is 0 Å². The molecule has 0 spiro atoms. The van der Waals surface area contributed by atoms with E-state index in [0.717, 1.165) is 62.7 Å². The first kappa shape index (κ1) is 40.4. The summed E-state index contributed by atoms with van der Waals surface area (Å²) in [6.07, 6.45) is 30.6. The van der Waals surface area contributed by atoms with E-state index in [1.54, 1.807) is 0 Å². The normalized spacial score (nSPS) is 10.8. The maximum atomic E-state index is 4.73. The second-order valence-electron chi connectivity index (χ2n) is 12.0. The summed E-state index contributed by atoms with van der Waals surface area (Å²) < 4.78 is 0. The molecule has 0 N–H and O–H groups in total. The SMILES string of the molecule is CCCCCCCCCC#CCCCc1ccccc1N=CC=Nc1ccccc1CCCC#CCCCCCCCCC.[Ni]. The number of aryl methyl sites for hydroxylation is 2. The van der Waals surface area contributed by atoms with Crippen molar-refractivity contribution < 1.29 is 16.5 Å². The minimum atomic E-state index is 0. The zero-order valence-electron chi connectivity index (χ0n) is 28.5. The Morgan fingerprint density at radius 2 is 0.778 bits per heavy atom. The van der Waals surface area contributed by atoms with E-state index in [4.69, 9.17) is 9.98 Å². The van der Waals surface area contributed by atoms with Gasteiger partial charge in [0.05, 0.1) is 11.4 Å². The molecule has 0 bridgehead atoms. The minimum absolute atomic E-state index is 0. The number of hydrogen-bond donors (Lipinski definition) is 0. The van der Waals surface area contributed by atoms with Crippen molar-refractivity contribution in [2.75, 3.05) is 0 Å². The summed E-state index contributed by atoms with van der Waals surface area (Å²) in [6.45, 7) is 4.55. The molecule has 0 amide bonds. The van der Waals surface area contributed by atoms with E-state index >= 15 is 0 Å². The molecule has 0 fully saturated rings. The number of hydrogen-bond acceptors (Lipinski definition) is 2. The van der Waals surface area contributed by atoms with Crippen LogP contribution in [0.4, 0.5) is 11.4 Å². The number of aliphatic imine (C=N–C) groups is 2. The van der Waals surface area contributed by atoms with Gasteiger partial charge in [-0.1, -0.05) is 127 Å². The second-order valence-corrected chi connectivity index (χ2v) is 12.0. The van der Waals surface area contributed by atoms with Crippen LogP contribution in [0.5, 0.6) is 0 Å². The number of nitrogens with zero attached hydrogens (tertiary/aromatic N) is 2. The number of rotatable bonds is 23. The molecule has 0 aliphatic rings. The average molecular weight is 652 g/mol. The predicted octanol–water partition coefficient (Wildman–Crippen LogP) is 12.7. The molecule has 0 saturated heterocycles. The Morgan fingerprint density at radius 1 is 0.444 bits per heavy atom. The standard InChI is InChI=1S/C42H60N2.Ni/c1-3-5-7-9-11-13-15-17-19-21-23-25-31-39-33-27-29-35-41(39)43-37-38-44-42-36-30-28-34-40(42)32-26-24-22-20-18-16-14-12-10-8-6-4-2;/h27-30,33-38H,3-18,23-26,31-32H2,1-2H3;. The van der Waals surface area contributed by atoms with E-state index in [2.05, 4.69) is 86.1 Å². The Labute approximate surface area is 287 Å². The summed E-state index contributed by atoms with van der Waals surface area (Å²) >= 11 is 0. The zero-order chi connectivity index (χ0) is 31.2. The van der Waals surface area contributed by atoms with E-state index in [1.807, 2.05) is 12.4 Å². The van der Waals surface area contributed by atoms with Gasteiger partial charge in [0.25, 0.3) is 0 Å². The first-order valence-corrected chi connectivity index (χ1v) is 18.0. The topological polar surface area (TPSA) is 24.7 Å². The van der Waals surface area contributed by atoms with Crippen molar-refractivity contribution >= 4 is 23.8 Å². The third-order valence-electron chi connectivity index (χ3n) is 8.03. The summed E-state index contributed by atoms with van der Waals surface area (Å²) in [5, 5.41) is 0. The summed E-state index contributed by atoms with van der Waals surface area (Å²) in [5.41, 5.74) is 4.61.